The summed E-state index contributed by atoms with van der Waals surface area (Å²) in [5.41, 5.74) is 1.24. The Bertz CT molecular complexity index is 1180. The molecule has 7 nitrogen and oxygen atoms in total. The van der Waals surface area contributed by atoms with E-state index >= 15 is 0 Å². The van der Waals surface area contributed by atoms with Gasteiger partial charge in [-0.05, 0) is 30.9 Å². The van der Waals surface area contributed by atoms with Crippen LogP contribution in [0, 0.1) is 13.8 Å². The molecule has 0 bridgehead atoms. The predicted molar refractivity (Wildman–Crippen MR) is 126 cm³/mol. The summed E-state index contributed by atoms with van der Waals surface area (Å²) in [6, 6.07) is 3.47. The van der Waals surface area contributed by atoms with Gasteiger partial charge in [0.15, 0.2) is 5.82 Å². The van der Waals surface area contributed by atoms with Crippen molar-refractivity contribution in [3.63, 3.8) is 0 Å². The van der Waals surface area contributed by atoms with E-state index in [0.29, 0.717) is 30.4 Å². The summed E-state index contributed by atoms with van der Waals surface area (Å²) in [7, 11) is -3.40. The molecule has 2 saturated heterocycles. The van der Waals surface area contributed by atoms with Gasteiger partial charge < -0.3 is 9.80 Å². The highest BCUT2D eigenvalue weighted by molar-refractivity contribution is 7.91. The van der Waals surface area contributed by atoms with E-state index < -0.39 is 10.0 Å². The smallest absolute Gasteiger partial charge is 0.252 e. The lowest BCUT2D eigenvalue weighted by Crippen LogP contribution is -3.08. The van der Waals surface area contributed by atoms with Crippen LogP contribution in [-0.2, 0) is 16.6 Å². The SMILES string of the molecule is Cc1sc2nc(C[NH+]3CCCC3)nc(N3CCN(S(=O)(=O)c4cccs4)CC3)c2c1C. The topological polar surface area (TPSA) is 70.8 Å². The number of hydrogen-bond donors (Lipinski definition) is 1. The molecule has 5 heterocycles. The molecule has 31 heavy (non-hydrogen) atoms. The number of aromatic nitrogens is 2. The molecule has 0 radical (unpaired) electrons. The van der Waals surface area contributed by atoms with Gasteiger partial charge in [-0.3, -0.25) is 0 Å². The highest BCUT2D eigenvalue weighted by Crippen LogP contribution is 2.35. The maximum atomic E-state index is 12.9. The summed E-state index contributed by atoms with van der Waals surface area (Å²) < 4.78 is 27.8. The van der Waals surface area contributed by atoms with Crippen LogP contribution in [0.2, 0.25) is 0 Å². The lowest BCUT2D eigenvalue weighted by Gasteiger charge is -2.35. The van der Waals surface area contributed by atoms with Crippen LogP contribution < -0.4 is 9.80 Å². The Morgan fingerprint density at radius 3 is 2.52 bits per heavy atom. The van der Waals surface area contributed by atoms with E-state index in [1.807, 2.05) is 5.38 Å². The third-order valence-electron chi connectivity index (χ3n) is 6.40. The minimum absolute atomic E-state index is 0.422. The van der Waals surface area contributed by atoms with Gasteiger partial charge in [-0.1, -0.05) is 6.07 Å². The Kier molecular flexibility index (Phi) is 5.76. The van der Waals surface area contributed by atoms with Crippen LogP contribution in [-0.4, -0.2) is 62.0 Å². The van der Waals surface area contributed by atoms with Crippen molar-refractivity contribution in [1.29, 1.82) is 0 Å². The molecule has 2 aliphatic rings. The third kappa shape index (κ3) is 4.00. The molecule has 0 amide bonds. The van der Waals surface area contributed by atoms with E-state index in [9.17, 15) is 8.42 Å². The van der Waals surface area contributed by atoms with Gasteiger partial charge in [0.05, 0.1) is 18.5 Å². The zero-order chi connectivity index (χ0) is 21.6. The van der Waals surface area contributed by atoms with Crippen molar-refractivity contribution in [3.05, 3.63) is 33.8 Å². The van der Waals surface area contributed by atoms with E-state index in [4.69, 9.17) is 9.97 Å². The second-order valence-corrected chi connectivity index (χ2v) is 12.7. The van der Waals surface area contributed by atoms with Crippen LogP contribution in [0.4, 0.5) is 5.82 Å². The highest BCUT2D eigenvalue weighted by Gasteiger charge is 2.31. The molecule has 0 aromatic carbocycles. The lowest BCUT2D eigenvalue weighted by atomic mass is 10.2. The molecule has 0 atom stereocenters. The van der Waals surface area contributed by atoms with Crippen molar-refractivity contribution in [2.45, 2.75) is 37.4 Å². The molecule has 1 N–H and O–H groups in total. The number of aryl methyl sites for hydroxylation is 2. The molecular formula is C21H28N5O2S3+. The first-order chi connectivity index (χ1) is 14.9. The fourth-order valence-corrected chi connectivity index (χ4v) is 8.14. The Labute approximate surface area is 191 Å². The number of hydrogen-bond acceptors (Lipinski definition) is 7. The van der Waals surface area contributed by atoms with Crippen LogP contribution in [0.1, 0.15) is 29.1 Å². The summed E-state index contributed by atoms with van der Waals surface area (Å²) in [6.07, 6.45) is 2.56. The van der Waals surface area contributed by atoms with Crippen molar-refractivity contribution in [1.82, 2.24) is 14.3 Å². The van der Waals surface area contributed by atoms with Crippen molar-refractivity contribution in [3.8, 4) is 0 Å². The molecule has 5 rings (SSSR count). The van der Waals surface area contributed by atoms with Crippen molar-refractivity contribution < 1.29 is 13.3 Å². The number of thiophene rings is 2. The van der Waals surface area contributed by atoms with Gasteiger partial charge in [0, 0.05) is 43.9 Å². The number of fused-ring (bicyclic) bond motifs is 1. The third-order valence-corrected chi connectivity index (χ3v) is 10.8. The van der Waals surface area contributed by atoms with Gasteiger partial charge in [-0.2, -0.15) is 4.31 Å². The number of nitrogens with one attached hydrogen (secondary N) is 1. The Morgan fingerprint density at radius 1 is 1.10 bits per heavy atom. The zero-order valence-corrected chi connectivity index (χ0v) is 20.4. The average molecular weight is 479 g/mol. The lowest BCUT2D eigenvalue weighted by molar-refractivity contribution is -0.902. The number of quaternary nitrogens is 1. The zero-order valence-electron chi connectivity index (χ0n) is 17.9. The normalized spacial score (nSPS) is 19.0. The molecule has 3 aromatic heterocycles. The summed E-state index contributed by atoms with van der Waals surface area (Å²) in [5, 5.41) is 2.95. The van der Waals surface area contributed by atoms with Gasteiger partial charge in [0.25, 0.3) is 10.0 Å². The average Bonchev–Trinajstić information content (AvgIpc) is 3.51. The molecule has 0 aliphatic carbocycles. The molecule has 3 aromatic rings. The Hall–Kier alpha value is -1.59. The summed E-state index contributed by atoms with van der Waals surface area (Å²) >= 11 is 3.02. The van der Waals surface area contributed by atoms with Gasteiger partial charge >= 0.3 is 0 Å². The van der Waals surface area contributed by atoms with Crippen LogP contribution in [0.15, 0.2) is 21.7 Å². The minimum Gasteiger partial charge on any atom is -0.353 e. The van der Waals surface area contributed by atoms with Crippen molar-refractivity contribution in [2.75, 3.05) is 44.2 Å². The maximum Gasteiger partial charge on any atom is 0.252 e. The second kappa shape index (κ2) is 8.40. The van der Waals surface area contributed by atoms with Crippen molar-refractivity contribution >= 4 is 48.7 Å². The number of likely N-dealkylation sites (tertiary alicyclic amines) is 1. The number of nitrogens with zero attached hydrogens (tertiary/aromatic N) is 4. The molecular weight excluding hydrogens is 450 g/mol. The van der Waals surface area contributed by atoms with Gasteiger partial charge in [-0.25, -0.2) is 18.4 Å². The first-order valence-corrected chi connectivity index (χ1v) is 14.0. The molecule has 10 heteroatoms. The van der Waals surface area contributed by atoms with E-state index in [0.717, 1.165) is 28.4 Å². The van der Waals surface area contributed by atoms with Crippen molar-refractivity contribution in [2.24, 2.45) is 0 Å². The molecule has 0 unspecified atom stereocenters. The van der Waals surface area contributed by atoms with Crippen LogP contribution in [0.3, 0.4) is 0 Å². The summed E-state index contributed by atoms with van der Waals surface area (Å²) in [5.74, 6) is 1.89. The number of sulfonamides is 1. The fourth-order valence-electron chi connectivity index (χ4n) is 4.53. The fraction of sp³-hybridized carbons (Fsp3) is 0.524. The Balaban J connectivity index is 1.43. The first kappa shape index (κ1) is 21.3. The monoisotopic (exact) mass is 478 g/mol. The minimum atomic E-state index is -3.40. The van der Waals surface area contributed by atoms with E-state index in [1.165, 1.54) is 47.7 Å². The molecule has 0 spiro atoms. The second-order valence-electron chi connectivity index (χ2n) is 8.38. The number of rotatable bonds is 5. The quantitative estimate of drug-likeness (QED) is 0.608. The van der Waals surface area contributed by atoms with Crippen LogP contribution >= 0.6 is 22.7 Å². The van der Waals surface area contributed by atoms with Gasteiger partial charge in [-0.15, -0.1) is 22.7 Å². The standard InChI is InChI=1S/C21H27N5O2S3/c1-15-16(2)30-21-19(15)20(22-17(23-21)14-24-7-3-4-8-24)25-9-11-26(12-10-25)31(27,28)18-6-5-13-29-18/h5-6,13H,3-4,7-12,14H2,1-2H3/p+1. The van der Waals surface area contributed by atoms with Gasteiger partial charge in [0.1, 0.15) is 21.4 Å². The number of anilines is 1. The van der Waals surface area contributed by atoms with Gasteiger partial charge in [0.2, 0.25) is 0 Å². The first-order valence-electron chi connectivity index (χ1n) is 10.8. The van der Waals surface area contributed by atoms with E-state index in [-0.39, 0.29) is 0 Å². The summed E-state index contributed by atoms with van der Waals surface area (Å²) in [6.45, 7) is 9.76. The summed E-state index contributed by atoms with van der Waals surface area (Å²) in [4.78, 5) is 16.1. The largest absolute Gasteiger partial charge is 0.353 e. The molecule has 2 aliphatic heterocycles. The number of piperazine rings is 1. The Morgan fingerprint density at radius 2 is 1.84 bits per heavy atom. The molecule has 166 valence electrons. The highest BCUT2D eigenvalue weighted by atomic mass is 32.2. The van der Waals surface area contributed by atoms with Crippen LogP contribution in [0.5, 0.6) is 0 Å². The van der Waals surface area contributed by atoms with E-state index in [2.05, 4.69) is 18.7 Å². The van der Waals surface area contributed by atoms with E-state index in [1.54, 1.807) is 32.7 Å². The molecule has 0 saturated carbocycles. The predicted octanol–water partition coefficient (Wildman–Crippen LogP) is 2.06. The molecule has 2 fully saturated rings. The van der Waals surface area contributed by atoms with Crippen LogP contribution in [0.25, 0.3) is 10.2 Å². The maximum absolute atomic E-state index is 12.9.